The zero-order chi connectivity index (χ0) is 13.0. The first-order valence-electron chi connectivity index (χ1n) is 6.51. The van der Waals surface area contributed by atoms with Gasteiger partial charge in [-0.15, -0.1) is 0 Å². The van der Waals surface area contributed by atoms with Gasteiger partial charge in [-0.1, -0.05) is 12.8 Å². The number of hydrogen-bond acceptors (Lipinski definition) is 3. The Bertz CT molecular complexity index is 400. The van der Waals surface area contributed by atoms with Crippen LogP contribution in [0.1, 0.15) is 50.6 Å². The number of hydrogen-bond donors (Lipinski definition) is 2. The normalized spacial score (nSPS) is 19.4. The molecule has 0 saturated heterocycles. The van der Waals surface area contributed by atoms with Gasteiger partial charge in [-0.05, 0) is 37.5 Å². The van der Waals surface area contributed by atoms with Crippen molar-refractivity contribution < 1.29 is 9.90 Å². The van der Waals surface area contributed by atoms with Crippen molar-refractivity contribution in [3.8, 4) is 0 Å². The second-order valence-electron chi connectivity index (χ2n) is 5.18. The third-order valence-corrected chi connectivity index (χ3v) is 3.61. The van der Waals surface area contributed by atoms with E-state index in [0.717, 1.165) is 31.2 Å². The largest absolute Gasteiger partial charge is 0.389 e. The van der Waals surface area contributed by atoms with Crippen LogP contribution >= 0.6 is 0 Å². The summed E-state index contributed by atoms with van der Waals surface area (Å²) in [5.74, 6) is -0.0799. The molecule has 0 radical (unpaired) electrons. The minimum Gasteiger partial charge on any atom is -0.389 e. The van der Waals surface area contributed by atoms with Crippen molar-refractivity contribution in [2.75, 3.05) is 0 Å². The molecule has 0 spiro atoms. The van der Waals surface area contributed by atoms with Gasteiger partial charge in [0.1, 0.15) is 0 Å². The molecule has 0 aliphatic heterocycles. The van der Waals surface area contributed by atoms with Crippen LogP contribution in [0.2, 0.25) is 0 Å². The van der Waals surface area contributed by atoms with Crippen molar-refractivity contribution >= 4 is 5.91 Å². The first kappa shape index (κ1) is 13.0. The summed E-state index contributed by atoms with van der Waals surface area (Å²) < 4.78 is 0. The molecule has 1 aliphatic carbocycles. The topological polar surface area (TPSA) is 62.2 Å². The van der Waals surface area contributed by atoms with E-state index < -0.39 is 5.60 Å². The Labute approximate surface area is 107 Å². The van der Waals surface area contributed by atoms with Gasteiger partial charge >= 0.3 is 0 Å². The number of rotatable bonds is 4. The van der Waals surface area contributed by atoms with E-state index in [0.29, 0.717) is 0 Å². The maximum atomic E-state index is 11.9. The van der Waals surface area contributed by atoms with Crippen LogP contribution in [0.15, 0.2) is 24.5 Å². The molecular weight excluding hydrogens is 228 g/mol. The molecular formula is C14H20N2O2. The quantitative estimate of drug-likeness (QED) is 0.856. The molecule has 1 aromatic rings. The van der Waals surface area contributed by atoms with E-state index >= 15 is 0 Å². The third-order valence-electron chi connectivity index (χ3n) is 3.61. The zero-order valence-corrected chi connectivity index (χ0v) is 10.7. The first-order chi connectivity index (χ1) is 8.59. The molecule has 1 saturated carbocycles. The predicted octanol–water partition coefficient (Wildman–Crippen LogP) is 1.95. The number of aliphatic hydroxyl groups is 1. The Morgan fingerprint density at radius 1 is 1.44 bits per heavy atom. The number of nitrogens with zero attached hydrogens (tertiary/aromatic N) is 1. The number of nitrogens with one attached hydrogen (secondary N) is 1. The molecule has 1 unspecified atom stereocenters. The van der Waals surface area contributed by atoms with E-state index in [1.54, 1.807) is 12.4 Å². The lowest BCUT2D eigenvalue weighted by atomic mass is 9.97. The van der Waals surface area contributed by atoms with Crippen LogP contribution in [-0.2, 0) is 4.79 Å². The van der Waals surface area contributed by atoms with Gasteiger partial charge < -0.3 is 10.4 Å². The summed E-state index contributed by atoms with van der Waals surface area (Å²) in [6.45, 7) is 1.94. The van der Waals surface area contributed by atoms with E-state index in [4.69, 9.17) is 0 Å². The summed E-state index contributed by atoms with van der Waals surface area (Å²) in [5, 5.41) is 13.1. The molecule has 4 heteroatoms. The molecule has 1 fully saturated rings. The average Bonchev–Trinajstić information content (AvgIpc) is 2.76. The van der Waals surface area contributed by atoms with Crippen LogP contribution in [0.25, 0.3) is 0 Å². The maximum absolute atomic E-state index is 11.9. The number of carbonyl (C=O) groups is 1. The van der Waals surface area contributed by atoms with Crippen LogP contribution < -0.4 is 5.32 Å². The van der Waals surface area contributed by atoms with Gasteiger partial charge in [0.25, 0.3) is 0 Å². The SMILES string of the molecule is CC(NC(=O)CC1(O)CCCC1)c1ccncc1. The van der Waals surface area contributed by atoms with Gasteiger partial charge in [0.2, 0.25) is 5.91 Å². The molecule has 18 heavy (non-hydrogen) atoms. The Balaban J connectivity index is 1.88. The lowest BCUT2D eigenvalue weighted by Crippen LogP contribution is -2.35. The van der Waals surface area contributed by atoms with Crippen molar-refractivity contribution in [1.29, 1.82) is 0 Å². The average molecular weight is 248 g/mol. The van der Waals surface area contributed by atoms with Gasteiger partial charge in [-0.25, -0.2) is 0 Å². The van der Waals surface area contributed by atoms with Gasteiger partial charge in [0.15, 0.2) is 0 Å². The van der Waals surface area contributed by atoms with Crippen LogP contribution in [0.3, 0.4) is 0 Å². The molecule has 1 aliphatic rings. The molecule has 4 nitrogen and oxygen atoms in total. The Morgan fingerprint density at radius 2 is 2.06 bits per heavy atom. The first-order valence-corrected chi connectivity index (χ1v) is 6.51. The fourth-order valence-electron chi connectivity index (χ4n) is 2.54. The molecule has 98 valence electrons. The highest BCUT2D eigenvalue weighted by Gasteiger charge is 2.33. The summed E-state index contributed by atoms with van der Waals surface area (Å²) in [6.07, 6.45) is 7.15. The number of pyridine rings is 1. The Hall–Kier alpha value is -1.42. The minimum atomic E-state index is -0.776. The second kappa shape index (κ2) is 5.48. The minimum absolute atomic E-state index is 0.0505. The monoisotopic (exact) mass is 248 g/mol. The van der Waals surface area contributed by atoms with Crippen molar-refractivity contribution in [1.82, 2.24) is 10.3 Å². The zero-order valence-electron chi connectivity index (χ0n) is 10.7. The van der Waals surface area contributed by atoms with Crippen LogP contribution in [0.5, 0.6) is 0 Å². The number of amides is 1. The van der Waals surface area contributed by atoms with Crippen molar-refractivity contribution in [3.05, 3.63) is 30.1 Å². The predicted molar refractivity (Wildman–Crippen MR) is 68.8 cm³/mol. The van der Waals surface area contributed by atoms with E-state index in [1.807, 2.05) is 19.1 Å². The molecule has 0 bridgehead atoms. The van der Waals surface area contributed by atoms with Gasteiger partial charge in [0.05, 0.1) is 18.1 Å². The highest BCUT2D eigenvalue weighted by atomic mass is 16.3. The Kier molecular flexibility index (Phi) is 3.97. The molecule has 1 atom stereocenters. The Morgan fingerprint density at radius 3 is 2.67 bits per heavy atom. The highest BCUT2D eigenvalue weighted by molar-refractivity contribution is 5.77. The van der Waals surface area contributed by atoms with Crippen molar-refractivity contribution in [2.45, 2.75) is 50.7 Å². The standard InChI is InChI=1S/C14H20N2O2/c1-11(12-4-8-15-9-5-12)16-13(17)10-14(18)6-2-3-7-14/h4-5,8-9,11,18H,2-3,6-7,10H2,1H3,(H,16,17). The van der Waals surface area contributed by atoms with Gasteiger partial charge in [-0.3, -0.25) is 9.78 Å². The maximum Gasteiger partial charge on any atom is 0.223 e. The van der Waals surface area contributed by atoms with Crippen molar-refractivity contribution in [3.63, 3.8) is 0 Å². The fraction of sp³-hybridized carbons (Fsp3) is 0.571. The second-order valence-corrected chi connectivity index (χ2v) is 5.18. The molecule has 2 N–H and O–H groups in total. The summed E-state index contributed by atoms with van der Waals surface area (Å²) in [6, 6.07) is 3.72. The fourth-order valence-corrected chi connectivity index (χ4v) is 2.54. The van der Waals surface area contributed by atoms with Gasteiger partial charge in [0, 0.05) is 12.4 Å². The van der Waals surface area contributed by atoms with E-state index in [2.05, 4.69) is 10.3 Å². The van der Waals surface area contributed by atoms with Crippen LogP contribution in [0, 0.1) is 0 Å². The van der Waals surface area contributed by atoms with Crippen LogP contribution in [-0.4, -0.2) is 21.6 Å². The summed E-state index contributed by atoms with van der Waals surface area (Å²) >= 11 is 0. The lowest BCUT2D eigenvalue weighted by molar-refractivity contribution is -0.126. The van der Waals surface area contributed by atoms with Crippen LogP contribution in [0.4, 0.5) is 0 Å². The van der Waals surface area contributed by atoms with E-state index in [9.17, 15) is 9.90 Å². The molecule has 1 amide bonds. The van der Waals surface area contributed by atoms with E-state index in [-0.39, 0.29) is 18.4 Å². The number of carbonyl (C=O) groups excluding carboxylic acids is 1. The van der Waals surface area contributed by atoms with Gasteiger partial charge in [-0.2, -0.15) is 0 Å². The molecule has 1 heterocycles. The summed E-state index contributed by atoms with van der Waals surface area (Å²) in [4.78, 5) is 15.8. The third kappa shape index (κ3) is 3.29. The van der Waals surface area contributed by atoms with Crippen molar-refractivity contribution in [2.24, 2.45) is 0 Å². The number of aromatic nitrogens is 1. The lowest BCUT2D eigenvalue weighted by Gasteiger charge is -2.22. The molecule has 2 rings (SSSR count). The highest BCUT2D eigenvalue weighted by Crippen LogP contribution is 2.32. The summed E-state index contributed by atoms with van der Waals surface area (Å²) in [7, 11) is 0. The smallest absolute Gasteiger partial charge is 0.223 e. The van der Waals surface area contributed by atoms with E-state index in [1.165, 1.54) is 0 Å². The molecule has 1 aromatic heterocycles. The molecule has 0 aromatic carbocycles. The summed E-state index contributed by atoms with van der Waals surface area (Å²) in [5.41, 5.74) is 0.249.